The minimum absolute atomic E-state index is 0.0133. The maximum atomic E-state index is 12.5. The lowest BCUT2D eigenvalue weighted by Gasteiger charge is -2.21. The second-order valence-electron chi connectivity index (χ2n) is 6.82. The van der Waals surface area contributed by atoms with Gasteiger partial charge in [-0.05, 0) is 18.2 Å². The number of hydrogen-bond acceptors (Lipinski definition) is 6. The van der Waals surface area contributed by atoms with Gasteiger partial charge in [0.2, 0.25) is 0 Å². The number of nitrogens with one attached hydrogen (secondary N) is 1. The van der Waals surface area contributed by atoms with Crippen LogP contribution in [0, 0.1) is 0 Å². The highest BCUT2D eigenvalue weighted by molar-refractivity contribution is 5.60. The molecule has 0 spiro atoms. The van der Waals surface area contributed by atoms with E-state index in [1.807, 2.05) is 42.1 Å². The van der Waals surface area contributed by atoms with E-state index < -0.39 is 0 Å². The molecule has 0 aliphatic carbocycles. The fraction of sp³-hybridized carbons (Fsp3) is 0.350. The van der Waals surface area contributed by atoms with Crippen molar-refractivity contribution in [3.05, 3.63) is 65.0 Å². The summed E-state index contributed by atoms with van der Waals surface area (Å²) in [5.41, 5.74) is 2.53. The number of hydrogen-bond donors (Lipinski definition) is 1. The first-order valence-electron chi connectivity index (χ1n) is 9.16. The van der Waals surface area contributed by atoms with E-state index in [0.717, 1.165) is 22.7 Å². The molecule has 1 aliphatic rings. The third-order valence-electron chi connectivity index (χ3n) is 5.02. The number of nitrogens with zero attached hydrogens (tertiary/aromatic N) is 4. The molecule has 146 valence electrons. The summed E-state index contributed by atoms with van der Waals surface area (Å²) in [5.74, 6) is 0.747. The zero-order valence-electron chi connectivity index (χ0n) is 15.9. The Kier molecular flexibility index (Phi) is 5.23. The number of rotatable bonds is 6. The van der Waals surface area contributed by atoms with E-state index in [-0.39, 0.29) is 17.6 Å². The Bertz CT molecular complexity index is 1010. The molecule has 0 amide bonds. The second kappa shape index (κ2) is 7.95. The number of ether oxygens (including phenoxy) is 2. The van der Waals surface area contributed by atoms with E-state index in [0.29, 0.717) is 19.8 Å². The van der Waals surface area contributed by atoms with Crippen LogP contribution in [0.25, 0.3) is 11.3 Å². The van der Waals surface area contributed by atoms with E-state index in [9.17, 15) is 4.79 Å². The van der Waals surface area contributed by atoms with E-state index >= 15 is 0 Å². The molecule has 3 aromatic rings. The summed E-state index contributed by atoms with van der Waals surface area (Å²) in [6.07, 6.45) is 3.59. The van der Waals surface area contributed by atoms with Gasteiger partial charge in [0, 0.05) is 31.4 Å². The summed E-state index contributed by atoms with van der Waals surface area (Å²) in [4.78, 5) is 16.7. The van der Waals surface area contributed by atoms with Gasteiger partial charge in [0.15, 0.2) is 0 Å². The molecular formula is C20H23N5O3. The quantitative estimate of drug-likeness (QED) is 0.695. The lowest BCUT2D eigenvalue weighted by Crippen LogP contribution is -2.41. The first kappa shape index (κ1) is 18.4. The smallest absolute Gasteiger partial charge is 0.267 e. The summed E-state index contributed by atoms with van der Waals surface area (Å²) in [6.45, 7) is 1.61. The molecule has 1 aromatic carbocycles. The molecule has 8 nitrogen and oxygen atoms in total. The van der Waals surface area contributed by atoms with Gasteiger partial charge >= 0.3 is 0 Å². The number of benzene rings is 1. The van der Waals surface area contributed by atoms with E-state index in [1.165, 1.54) is 4.68 Å². The van der Waals surface area contributed by atoms with Gasteiger partial charge in [-0.25, -0.2) is 9.67 Å². The predicted molar refractivity (Wildman–Crippen MR) is 104 cm³/mol. The molecule has 8 heteroatoms. The van der Waals surface area contributed by atoms with Crippen LogP contribution >= 0.6 is 0 Å². The first-order valence-corrected chi connectivity index (χ1v) is 9.16. The Morgan fingerprint density at radius 3 is 2.96 bits per heavy atom. The van der Waals surface area contributed by atoms with E-state index in [1.54, 1.807) is 25.6 Å². The van der Waals surface area contributed by atoms with Gasteiger partial charge < -0.3 is 19.4 Å². The van der Waals surface area contributed by atoms with Crippen LogP contribution in [-0.4, -0.2) is 45.7 Å². The molecule has 1 N–H and O–H groups in total. The normalized spacial score (nSPS) is 19.1. The third-order valence-corrected chi connectivity index (χ3v) is 5.02. The molecule has 0 saturated carbocycles. The number of aryl methyl sites for hydroxylation is 1. The van der Waals surface area contributed by atoms with Crippen molar-refractivity contribution in [2.45, 2.75) is 18.6 Å². The van der Waals surface area contributed by atoms with Crippen molar-refractivity contribution < 1.29 is 9.47 Å². The number of imidazole rings is 1. The standard InChI is InChI=1S/C20H23N5O3/c1-24-13-21-9-15(24)10-22-18-11-28-12-19(18)25-20(26)7-6-17(23-25)14-4-3-5-16(8-14)27-2/h3-9,13,18-19,22H,10-12H2,1-2H3. The fourth-order valence-electron chi connectivity index (χ4n) is 3.37. The molecule has 2 unspecified atom stereocenters. The van der Waals surface area contributed by atoms with Crippen LogP contribution < -0.4 is 15.6 Å². The second-order valence-corrected chi connectivity index (χ2v) is 6.82. The van der Waals surface area contributed by atoms with Gasteiger partial charge in [-0.15, -0.1) is 0 Å². The summed E-state index contributed by atoms with van der Waals surface area (Å²) >= 11 is 0. The molecule has 2 aromatic heterocycles. The lowest BCUT2D eigenvalue weighted by atomic mass is 10.1. The minimum Gasteiger partial charge on any atom is -0.497 e. The van der Waals surface area contributed by atoms with Crippen LogP contribution in [0.4, 0.5) is 0 Å². The fourth-order valence-corrected chi connectivity index (χ4v) is 3.37. The van der Waals surface area contributed by atoms with Gasteiger partial charge in [-0.3, -0.25) is 4.79 Å². The maximum absolute atomic E-state index is 12.5. The molecule has 1 saturated heterocycles. The van der Waals surface area contributed by atoms with Gasteiger partial charge in [0.05, 0.1) is 50.1 Å². The van der Waals surface area contributed by atoms with E-state index in [4.69, 9.17) is 9.47 Å². The van der Waals surface area contributed by atoms with Crippen LogP contribution in [0.5, 0.6) is 5.75 Å². The topological polar surface area (TPSA) is 83.2 Å². The molecule has 1 fully saturated rings. The Morgan fingerprint density at radius 1 is 1.29 bits per heavy atom. The summed E-state index contributed by atoms with van der Waals surface area (Å²) < 4.78 is 14.4. The van der Waals surface area contributed by atoms with Gasteiger partial charge in [-0.2, -0.15) is 5.10 Å². The third kappa shape index (κ3) is 3.69. The summed E-state index contributed by atoms with van der Waals surface area (Å²) in [5, 5.41) is 8.10. The van der Waals surface area contributed by atoms with Gasteiger partial charge in [0.1, 0.15) is 5.75 Å². The van der Waals surface area contributed by atoms with E-state index in [2.05, 4.69) is 15.4 Å². The average molecular weight is 381 g/mol. The summed E-state index contributed by atoms with van der Waals surface area (Å²) in [6, 6.07) is 10.7. The number of methoxy groups -OCH3 is 1. The maximum Gasteiger partial charge on any atom is 0.267 e. The first-order chi connectivity index (χ1) is 13.7. The van der Waals surface area contributed by atoms with Crippen molar-refractivity contribution in [1.82, 2.24) is 24.6 Å². The zero-order valence-corrected chi connectivity index (χ0v) is 15.9. The monoisotopic (exact) mass is 381 g/mol. The summed E-state index contributed by atoms with van der Waals surface area (Å²) in [7, 11) is 3.58. The van der Waals surface area contributed by atoms with Crippen molar-refractivity contribution in [3.63, 3.8) is 0 Å². The number of aromatic nitrogens is 4. The molecule has 3 heterocycles. The van der Waals surface area contributed by atoms with Crippen LogP contribution in [0.15, 0.2) is 53.7 Å². The Labute approximate surface area is 162 Å². The van der Waals surface area contributed by atoms with Crippen LogP contribution in [0.1, 0.15) is 11.7 Å². The van der Waals surface area contributed by atoms with Gasteiger partial charge in [-0.1, -0.05) is 12.1 Å². The van der Waals surface area contributed by atoms with Crippen molar-refractivity contribution in [2.75, 3.05) is 20.3 Å². The highest BCUT2D eigenvalue weighted by atomic mass is 16.5. The lowest BCUT2D eigenvalue weighted by molar-refractivity contribution is 0.181. The van der Waals surface area contributed by atoms with Gasteiger partial charge in [0.25, 0.3) is 5.56 Å². The van der Waals surface area contributed by atoms with Crippen molar-refractivity contribution >= 4 is 0 Å². The SMILES string of the molecule is COc1cccc(-c2ccc(=O)n(C3COCC3NCc3cncn3C)n2)c1. The highest BCUT2D eigenvalue weighted by Crippen LogP contribution is 2.23. The van der Waals surface area contributed by atoms with Crippen LogP contribution in [0.3, 0.4) is 0 Å². The highest BCUT2D eigenvalue weighted by Gasteiger charge is 2.31. The minimum atomic E-state index is -0.175. The molecule has 28 heavy (non-hydrogen) atoms. The Hall–Kier alpha value is -2.97. The predicted octanol–water partition coefficient (Wildman–Crippen LogP) is 1.38. The Morgan fingerprint density at radius 2 is 2.18 bits per heavy atom. The van der Waals surface area contributed by atoms with Crippen molar-refractivity contribution in [1.29, 1.82) is 0 Å². The largest absolute Gasteiger partial charge is 0.497 e. The van der Waals surface area contributed by atoms with Crippen LogP contribution in [0.2, 0.25) is 0 Å². The van der Waals surface area contributed by atoms with Crippen LogP contribution in [-0.2, 0) is 18.3 Å². The molecule has 0 radical (unpaired) electrons. The van der Waals surface area contributed by atoms with Crippen molar-refractivity contribution in [3.8, 4) is 17.0 Å². The molecule has 0 bridgehead atoms. The average Bonchev–Trinajstić information content (AvgIpc) is 3.35. The zero-order chi connectivity index (χ0) is 19.5. The molecule has 1 aliphatic heterocycles. The molecule has 2 atom stereocenters. The molecule has 4 rings (SSSR count). The Balaban J connectivity index is 1.58. The molecular weight excluding hydrogens is 358 g/mol. The van der Waals surface area contributed by atoms with Crippen molar-refractivity contribution in [2.24, 2.45) is 7.05 Å².